The summed E-state index contributed by atoms with van der Waals surface area (Å²) in [6.07, 6.45) is 1.96. The Bertz CT molecular complexity index is 1080. The second kappa shape index (κ2) is 5.79. The summed E-state index contributed by atoms with van der Waals surface area (Å²) in [6.45, 7) is 11.5. The van der Waals surface area contributed by atoms with Crippen molar-refractivity contribution in [1.82, 2.24) is 4.98 Å². The van der Waals surface area contributed by atoms with Gasteiger partial charge in [0.2, 0.25) is 0 Å². The van der Waals surface area contributed by atoms with Crippen LogP contribution in [0.5, 0.6) is 0 Å². The Morgan fingerprint density at radius 1 is 0.840 bits per heavy atom. The Morgan fingerprint density at radius 2 is 1.56 bits per heavy atom. The maximum absolute atomic E-state index is 4.74. The Kier molecular flexibility index (Phi) is 3.82. The van der Waals surface area contributed by atoms with Crippen LogP contribution in [0.4, 0.5) is 0 Å². The Hall–Kier alpha value is -1.97. The summed E-state index contributed by atoms with van der Waals surface area (Å²) in [7, 11) is -1.31. The lowest BCUT2D eigenvalue weighted by Crippen LogP contribution is -2.37. The SMILES string of the molecule is Cc1cc(C)cc(-c2nccc3c2sc2ccc([Si](C)(C)C)cc23)c1. The molecule has 0 spiro atoms. The van der Waals surface area contributed by atoms with Gasteiger partial charge in [-0.1, -0.05) is 54.2 Å². The fourth-order valence-electron chi connectivity index (χ4n) is 3.49. The minimum atomic E-state index is -1.31. The Morgan fingerprint density at radius 3 is 2.24 bits per heavy atom. The van der Waals surface area contributed by atoms with Crippen molar-refractivity contribution in [1.29, 1.82) is 0 Å². The topological polar surface area (TPSA) is 12.9 Å². The highest BCUT2D eigenvalue weighted by atomic mass is 32.1. The molecule has 25 heavy (non-hydrogen) atoms. The highest BCUT2D eigenvalue weighted by Crippen LogP contribution is 2.38. The van der Waals surface area contributed by atoms with Gasteiger partial charge >= 0.3 is 0 Å². The number of nitrogens with zero attached hydrogens (tertiary/aromatic N) is 1. The number of aryl methyl sites for hydroxylation is 2. The predicted octanol–water partition coefficient (Wildman–Crippen LogP) is 6.28. The molecule has 0 saturated carbocycles. The van der Waals surface area contributed by atoms with E-state index >= 15 is 0 Å². The average molecular weight is 362 g/mol. The molecule has 0 radical (unpaired) electrons. The summed E-state index contributed by atoms with van der Waals surface area (Å²) < 4.78 is 2.66. The molecule has 4 rings (SSSR count). The fourth-order valence-corrected chi connectivity index (χ4v) is 5.84. The molecule has 0 amide bonds. The summed E-state index contributed by atoms with van der Waals surface area (Å²) in [5.74, 6) is 0. The van der Waals surface area contributed by atoms with Gasteiger partial charge < -0.3 is 0 Å². The van der Waals surface area contributed by atoms with Gasteiger partial charge in [0.1, 0.15) is 0 Å². The fraction of sp³-hybridized carbons (Fsp3) is 0.227. The number of rotatable bonds is 2. The summed E-state index contributed by atoms with van der Waals surface area (Å²) in [4.78, 5) is 4.74. The lowest BCUT2D eigenvalue weighted by Gasteiger charge is -2.16. The molecule has 2 heterocycles. The summed E-state index contributed by atoms with van der Waals surface area (Å²) >= 11 is 1.87. The van der Waals surface area contributed by atoms with Crippen LogP contribution in [-0.2, 0) is 0 Å². The van der Waals surface area contributed by atoms with Crippen molar-refractivity contribution in [3.8, 4) is 11.3 Å². The van der Waals surface area contributed by atoms with Crippen molar-refractivity contribution < 1.29 is 0 Å². The Balaban J connectivity index is 2.02. The molecule has 0 aliphatic carbocycles. The molecule has 0 saturated heterocycles. The number of thiophene rings is 1. The molecule has 0 aliphatic heterocycles. The first kappa shape index (κ1) is 16.5. The molecular formula is C22H23NSSi. The van der Waals surface area contributed by atoms with Crippen molar-refractivity contribution in [2.45, 2.75) is 33.5 Å². The number of hydrogen-bond donors (Lipinski definition) is 0. The van der Waals surface area contributed by atoms with E-state index in [1.165, 1.54) is 42.0 Å². The number of fused-ring (bicyclic) bond motifs is 3. The molecule has 126 valence electrons. The highest BCUT2D eigenvalue weighted by molar-refractivity contribution is 7.26. The molecule has 0 N–H and O–H groups in total. The zero-order valence-electron chi connectivity index (χ0n) is 15.5. The predicted molar refractivity (Wildman–Crippen MR) is 115 cm³/mol. The standard InChI is InChI=1S/C22H23NSSi/c1-14-10-15(2)12-16(11-14)21-22-18(8-9-23-21)19-13-17(25(3,4)5)6-7-20(19)24-22/h6-13H,1-5H3. The third-order valence-electron chi connectivity index (χ3n) is 4.75. The third kappa shape index (κ3) is 2.92. The number of benzene rings is 2. The van der Waals surface area contributed by atoms with Crippen LogP contribution >= 0.6 is 11.3 Å². The van der Waals surface area contributed by atoms with Crippen LogP contribution in [0.25, 0.3) is 31.4 Å². The average Bonchev–Trinajstić information content (AvgIpc) is 2.90. The van der Waals surface area contributed by atoms with E-state index in [4.69, 9.17) is 4.98 Å². The van der Waals surface area contributed by atoms with E-state index < -0.39 is 8.07 Å². The summed E-state index contributed by atoms with van der Waals surface area (Å²) in [6, 6.07) is 15.9. The molecule has 0 bridgehead atoms. The van der Waals surface area contributed by atoms with E-state index in [9.17, 15) is 0 Å². The van der Waals surface area contributed by atoms with Crippen molar-refractivity contribution in [2.75, 3.05) is 0 Å². The van der Waals surface area contributed by atoms with Gasteiger partial charge in [-0.25, -0.2) is 0 Å². The number of pyridine rings is 1. The molecular weight excluding hydrogens is 338 g/mol. The van der Waals surface area contributed by atoms with Crippen LogP contribution in [-0.4, -0.2) is 13.1 Å². The maximum atomic E-state index is 4.74. The number of hydrogen-bond acceptors (Lipinski definition) is 2. The largest absolute Gasteiger partial charge is 0.255 e. The van der Waals surface area contributed by atoms with Crippen LogP contribution in [0.15, 0.2) is 48.7 Å². The normalized spacial score (nSPS) is 12.2. The van der Waals surface area contributed by atoms with Gasteiger partial charge in [0.25, 0.3) is 0 Å². The minimum absolute atomic E-state index is 1.11. The van der Waals surface area contributed by atoms with Crippen LogP contribution < -0.4 is 5.19 Å². The smallest absolute Gasteiger partial charge is 0.0880 e. The Labute approximate surface area is 154 Å². The van der Waals surface area contributed by atoms with Crippen molar-refractivity contribution in [3.05, 3.63) is 59.8 Å². The molecule has 0 unspecified atom stereocenters. The second-order valence-corrected chi connectivity index (χ2v) is 14.1. The van der Waals surface area contributed by atoms with E-state index in [1.54, 1.807) is 0 Å². The van der Waals surface area contributed by atoms with E-state index in [0.29, 0.717) is 0 Å². The van der Waals surface area contributed by atoms with Gasteiger partial charge in [-0.2, -0.15) is 0 Å². The van der Waals surface area contributed by atoms with E-state index in [0.717, 1.165) is 5.69 Å². The molecule has 0 aliphatic rings. The second-order valence-electron chi connectivity index (χ2n) is 7.98. The minimum Gasteiger partial charge on any atom is -0.255 e. The molecule has 2 aromatic carbocycles. The maximum Gasteiger partial charge on any atom is 0.0880 e. The highest BCUT2D eigenvalue weighted by Gasteiger charge is 2.18. The molecule has 0 atom stereocenters. The van der Waals surface area contributed by atoms with Gasteiger partial charge in [0.05, 0.1) is 18.5 Å². The van der Waals surface area contributed by atoms with Gasteiger partial charge in [-0.15, -0.1) is 11.3 Å². The first-order valence-corrected chi connectivity index (χ1v) is 13.0. The van der Waals surface area contributed by atoms with Crippen LogP contribution in [0.2, 0.25) is 19.6 Å². The third-order valence-corrected chi connectivity index (χ3v) is 7.98. The van der Waals surface area contributed by atoms with Crippen molar-refractivity contribution in [2.24, 2.45) is 0 Å². The van der Waals surface area contributed by atoms with Crippen LogP contribution in [0, 0.1) is 13.8 Å². The lowest BCUT2D eigenvalue weighted by molar-refractivity contribution is 1.33. The summed E-state index contributed by atoms with van der Waals surface area (Å²) in [5.41, 5.74) is 4.91. The lowest BCUT2D eigenvalue weighted by atomic mass is 10.0. The first-order valence-electron chi connectivity index (χ1n) is 8.73. The summed E-state index contributed by atoms with van der Waals surface area (Å²) in [5, 5.41) is 4.24. The van der Waals surface area contributed by atoms with Gasteiger partial charge in [0, 0.05) is 27.2 Å². The van der Waals surface area contributed by atoms with E-state index in [-0.39, 0.29) is 0 Å². The molecule has 3 heteroatoms. The van der Waals surface area contributed by atoms with Gasteiger partial charge in [0.15, 0.2) is 0 Å². The zero-order chi connectivity index (χ0) is 17.8. The van der Waals surface area contributed by atoms with E-state index in [2.05, 4.69) is 76.0 Å². The van der Waals surface area contributed by atoms with Crippen LogP contribution in [0.3, 0.4) is 0 Å². The van der Waals surface area contributed by atoms with Gasteiger partial charge in [-0.3, -0.25) is 4.98 Å². The molecule has 2 aromatic heterocycles. The van der Waals surface area contributed by atoms with Gasteiger partial charge in [-0.05, 0) is 38.1 Å². The van der Waals surface area contributed by atoms with Crippen molar-refractivity contribution in [3.63, 3.8) is 0 Å². The molecule has 0 fully saturated rings. The quantitative estimate of drug-likeness (QED) is 0.383. The molecule has 4 aromatic rings. The monoisotopic (exact) mass is 361 g/mol. The molecule has 1 nitrogen and oxygen atoms in total. The van der Waals surface area contributed by atoms with Crippen LogP contribution in [0.1, 0.15) is 11.1 Å². The van der Waals surface area contributed by atoms with E-state index in [1.807, 2.05) is 17.5 Å². The first-order chi connectivity index (χ1) is 11.8. The van der Waals surface area contributed by atoms with Crippen molar-refractivity contribution >= 4 is 44.8 Å². The number of aromatic nitrogens is 1. The zero-order valence-corrected chi connectivity index (χ0v) is 17.3.